The van der Waals surface area contributed by atoms with E-state index in [1.54, 1.807) is 0 Å². The van der Waals surface area contributed by atoms with E-state index in [2.05, 4.69) is 0 Å². The Balaban J connectivity index is 2.37. The molecule has 0 heterocycles. The molecule has 3 heteroatoms. The molecular formula is C10H17ClO2. The van der Waals surface area contributed by atoms with Crippen molar-refractivity contribution < 1.29 is 9.53 Å². The van der Waals surface area contributed by atoms with Crippen LogP contribution in [0.25, 0.3) is 0 Å². The lowest BCUT2D eigenvalue weighted by molar-refractivity contribution is -0.153. The minimum atomic E-state index is -0.0691. The average Bonchev–Trinajstić information content (AvgIpc) is 2.03. The minimum Gasteiger partial charge on any atom is -0.463 e. The number of hydrogen-bond donors (Lipinski definition) is 0. The monoisotopic (exact) mass is 204 g/mol. The maximum atomic E-state index is 11.5. The molecule has 0 radical (unpaired) electrons. The summed E-state index contributed by atoms with van der Waals surface area (Å²) >= 11 is 5.98. The zero-order valence-corrected chi connectivity index (χ0v) is 9.01. The van der Waals surface area contributed by atoms with Gasteiger partial charge in [-0.2, -0.15) is 0 Å². The van der Waals surface area contributed by atoms with E-state index in [1.165, 1.54) is 0 Å². The highest BCUT2D eigenvalue weighted by molar-refractivity contribution is 6.20. The largest absolute Gasteiger partial charge is 0.463 e. The summed E-state index contributed by atoms with van der Waals surface area (Å²) in [6.45, 7) is 3.75. The van der Waals surface area contributed by atoms with Crippen LogP contribution in [0.15, 0.2) is 0 Å². The Morgan fingerprint density at radius 3 is 2.69 bits per heavy atom. The van der Waals surface area contributed by atoms with E-state index < -0.39 is 0 Å². The van der Waals surface area contributed by atoms with Crippen LogP contribution in [-0.4, -0.2) is 17.5 Å². The van der Waals surface area contributed by atoms with E-state index in [9.17, 15) is 4.79 Å². The molecule has 1 saturated carbocycles. The van der Waals surface area contributed by atoms with Crippen LogP contribution in [0.1, 0.15) is 39.5 Å². The van der Waals surface area contributed by atoms with Crippen molar-refractivity contribution in [3.63, 3.8) is 0 Å². The second-order valence-electron chi connectivity index (χ2n) is 3.95. The summed E-state index contributed by atoms with van der Waals surface area (Å²) in [5, 5.41) is 0.165. The van der Waals surface area contributed by atoms with E-state index in [0.717, 1.165) is 25.7 Å². The predicted molar refractivity (Wildman–Crippen MR) is 52.8 cm³/mol. The van der Waals surface area contributed by atoms with Crippen molar-refractivity contribution in [1.29, 1.82) is 0 Å². The van der Waals surface area contributed by atoms with Gasteiger partial charge in [-0.25, -0.2) is 0 Å². The van der Waals surface area contributed by atoms with Crippen LogP contribution in [0.3, 0.4) is 0 Å². The van der Waals surface area contributed by atoms with Crippen molar-refractivity contribution in [1.82, 2.24) is 0 Å². The first-order chi connectivity index (χ1) is 6.09. The summed E-state index contributed by atoms with van der Waals surface area (Å²) < 4.78 is 5.14. The molecule has 2 nitrogen and oxygen atoms in total. The van der Waals surface area contributed by atoms with Gasteiger partial charge in [-0.3, -0.25) is 4.79 Å². The van der Waals surface area contributed by atoms with Gasteiger partial charge in [0.2, 0.25) is 0 Å². The summed E-state index contributed by atoms with van der Waals surface area (Å²) in [6.07, 6.45) is 3.80. The molecule has 2 unspecified atom stereocenters. The van der Waals surface area contributed by atoms with Crippen molar-refractivity contribution in [3.05, 3.63) is 0 Å². The van der Waals surface area contributed by atoms with Crippen LogP contribution in [0, 0.1) is 5.92 Å². The van der Waals surface area contributed by atoms with Crippen molar-refractivity contribution in [2.45, 2.75) is 51.0 Å². The van der Waals surface area contributed by atoms with Crippen molar-refractivity contribution in [3.8, 4) is 0 Å². The summed E-state index contributed by atoms with van der Waals surface area (Å²) in [4.78, 5) is 11.5. The molecule has 0 amide bonds. The van der Waals surface area contributed by atoms with Crippen LogP contribution in [-0.2, 0) is 9.53 Å². The second-order valence-corrected chi connectivity index (χ2v) is 4.56. The molecule has 0 aromatic carbocycles. The van der Waals surface area contributed by atoms with Crippen molar-refractivity contribution >= 4 is 17.6 Å². The third kappa shape index (κ3) is 3.55. The number of carbonyl (C=O) groups is 1. The van der Waals surface area contributed by atoms with Crippen LogP contribution >= 0.6 is 11.6 Å². The maximum absolute atomic E-state index is 11.5. The van der Waals surface area contributed by atoms with E-state index in [1.807, 2.05) is 13.8 Å². The van der Waals surface area contributed by atoms with E-state index in [0.29, 0.717) is 0 Å². The molecule has 0 aromatic heterocycles. The summed E-state index contributed by atoms with van der Waals surface area (Å²) in [5.41, 5.74) is 0. The number of esters is 1. The van der Waals surface area contributed by atoms with Gasteiger partial charge < -0.3 is 4.74 Å². The number of hydrogen-bond acceptors (Lipinski definition) is 2. The zero-order valence-electron chi connectivity index (χ0n) is 8.25. The highest BCUT2D eigenvalue weighted by atomic mass is 35.5. The standard InChI is InChI=1S/C10H17ClO2/c1-7(2)13-10(12)8-4-3-5-9(11)6-8/h7-9H,3-6H2,1-2H3. The lowest BCUT2D eigenvalue weighted by Gasteiger charge is -2.24. The molecular weight excluding hydrogens is 188 g/mol. The van der Waals surface area contributed by atoms with Gasteiger partial charge in [0.15, 0.2) is 0 Å². The van der Waals surface area contributed by atoms with E-state index >= 15 is 0 Å². The molecule has 0 spiro atoms. The Morgan fingerprint density at radius 1 is 1.46 bits per heavy atom. The fourth-order valence-corrected chi connectivity index (χ4v) is 2.04. The van der Waals surface area contributed by atoms with Gasteiger partial charge in [0.05, 0.1) is 12.0 Å². The third-order valence-corrected chi connectivity index (χ3v) is 2.69. The number of halogens is 1. The number of ether oxygens (including phenoxy) is 1. The predicted octanol–water partition coefficient (Wildman–Crippen LogP) is 2.74. The van der Waals surface area contributed by atoms with Gasteiger partial charge in [-0.15, -0.1) is 11.6 Å². The zero-order chi connectivity index (χ0) is 9.84. The Morgan fingerprint density at radius 2 is 2.15 bits per heavy atom. The fourth-order valence-electron chi connectivity index (χ4n) is 1.67. The smallest absolute Gasteiger partial charge is 0.309 e. The highest BCUT2D eigenvalue weighted by Crippen LogP contribution is 2.28. The normalized spacial score (nSPS) is 28.9. The van der Waals surface area contributed by atoms with Crippen LogP contribution in [0.4, 0.5) is 0 Å². The summed E-state index contributed by atoms with van der Waals surface area (Å²) in [5.74, 6) is -0.0287. The van der Waals surface area contributed by atoms with Gasteiger partial charge >= 0.3 is 5.97 Å². The summed E-state index contributed by atoms with van der Waals surface area (Å²) in [6, 6.07) is 0. The van der Waals surface area contributed by atoms with Gasteiger partial charge in [0, 0.05) is 5.38 Å². The number of alkyl halides is 1. The Hall–Kier alpha value is -0.240. The molecule has 2 atom stereocenters. The molecule has 13 heavy (non-hydrogen) atoms. The Labute approximate surface area is 84.6 Å². The molecule has 1 rings (SSSR count). The first kappa shape index (κ1) is 10.8. The van der Waals surface area contributed by atoms with E-state index in [4.69, 9.17) is 16.3 Å². The fraction of sp³-hybridized carbons (Fsp3) is 0.900. The minimum absolute atomic E-state index is 0.0109. The lowest BCUT2D eigenvalue weighted by atomic mass is 9.89. The number of carbonyl (C=O) groups excluding carboxylic acids is 1. The average molecular weight is 205 g/mol. The quantitative estimate of drug-likeness (QED) is 0.511. The summed E-state index contributed by atoms with van der Waals surface area (Å²) in [7, 11) is 0. The second kappa shape index (κ2) is 4.85. The Bertz CT molecular complexity index is 180. The molecule has 1 aliphatic rings. The molecule has 1 fully saturated rings. The molecule has 0 saturated heterocycles. The third-order valence-electron chi connectivity index (χ3n) is 2.30. The SMILES string of the molecule is CC(C)OC(=O)C1CCCC(Cl)C1. The molecule has 0 aromatic rings. The maximum Gasteiger partial charge on any atom is 0.309 e. The molecule has 0 N–H and O–H groups in total. The van der Waals surface area contributed by atoms with Crippen LogP contribution < -0.4 is 0 Å². The van der Waals surface area contributed by atoms with Crippen molar-refractivity contribution in [2.24, 2.45) is 5.92 Å². The molecule has 0 bridgehead atoms. The first-order valence-corrected chi connectivity index (χ1v) is 5.37. The van der Waals surface area contributed by atoms with E-state index in [-0.39, 0.29) is 23.4 Å². The highest BCUT2D eigenvalue weighted by Gasteiger charge is 2.27. The van der Waals surface area contributed by atoms with Gasteiger partial charge in [-0.1, -0.05) is 6.42 Å². The van der Waals surface area contributed by atoms with Crippen LogP contribution in [0.5, 0.6) is 0 Å². The van der Waals surface area contributed by atoms with Gasteiger partial charge in [0.1, 0.15) is 0 Å². The van der Waals surface area contributed by atoms with Gasteiger partial charge in [-0.05, 0) is 33.1 Å². The lowest BCUT2D eigenvalue weighted by Crippen LogP contribution is -2.26. The van der Waals surface area contributed by atoms with Crippen LogP contribution in [0.2, 0.25) is 0 Å². The molecule has 0 aliphatic heterocycles. The molecule has 76 valence electrons. The van der Waals surface area contributed by atoms with Crippen molar-refractivity contribution in [2.75, 3.05) is 0 Å². The first-order valence-electron chi connectivity index (χ1n) is 4.94. The number of rotatable bonds is 2. The Kier molecular flexibility index (Phi) is 4.04. The van der Waals surface area contributed by atoms with Gasteiger partial charge in [0.25, 0.3) is 0 Å². The molecule has 1 aliphatic carbocycles. The topological polar surface area (TPSA) is 26.3 Å².